The van der Waals surface area contributed by atoms with Gasteiger partial charge in [0, 0.05) is 0 Å². The van der Waals surface area contributed by atoms with E-state index < -0.39 is 56.7 Å². The van der Waals surface area contributed by atoms with Crippen LogP contribution in [0, 0.1) is 11.3 Å². The van der Waals surface area contributed by atoms with Crippen molar-refractivity contribution in [3.05, 3.63) is 0 Å². The first-order valence-corrected chi connectivity index (χ1v) is 8.56. The Labute approximate surface area is 136 Å². The van der Waals surface area contributed by atoms with Gasteiger partial charge in [0.1, 0.15) is 36.9 Å². The van der Waals surface area contributed by atoms with Crippen LogP contribution in [0.15, 0.2) is 0 Å². The normalized spacial score (nSPS) is 34.1. The summed E-state index contributed by atoms with van der Waals surface area (Å²) >= 11 is 0. The number of hydrogen-bond acceptors (Lipinski definition) is 7. The first kappa shape index (κ1) is 18.8. The van der Waals surface area contributed by atoms with Gasteiger partial charge in [-0.25, -0.2) is 9.36 Å². The standard InChI is InChI=1S/C11H17N4O8P/c12-2-5-1-8(16)14-11(19)15(5)3-6-9(17)10(18)7(13-6)4-23-24(20,21)22/h5-7,9-10,13,17-18H,1,3-4H2,(H,14,16,19)(H2,20,21,22)/p+1/t5?,6-,7+,9?,10?/m0/s1. The van der Waals surface area contributed by atoms with E-state index in [1.54, 1.807) is 0 Å². The summed E-state index contributed by atoms with van der Waals surface area (Å²) in [6, 6.07) is -1.54. The average Bonchev–Trinajstić information content (AvgIpc) is 2.74. The molecule has 2 rings (SSSR count). The summed E-state index contributed by atoms with van der Waals surface area (Å²) in [6.45, 7) is -0.645. The first-order valence-electron chi connectivity index (χ1n) is 7.03. The molecule has 2 aliphatic rings. The second-order valence-corrected chi connectivity index (χ2v) is 6.88. The van der Waals surface area contributed by atoms with Crippen LogP contribution in [0.3, 0.4) is 0 Å². The highest BCUT2D eigenvalue weighted by Crippen LogP contribution is 2.35. The van der Waals surface area contributed by atoms with E-state index in [0.717, 1.165) is 4.90 Å². The number of hydrogen-bond donors (Lipinski definition) is 6. The lowest BCUT2D eigenvalue weighted by molar-refractivity contribution is -0.706. The van der Waals surface area contributed by atoms with Gasteiger partial charge >= 0.3 is 13.9 Å². The van der Waals surface area contributed by atoms with E-state index in [1.807, 2.05) is 6.07 Å². The Morgan fingerprint density at radius 3 is 2.54 bits per heavy atom. The summed E-state index contributed by atoms with van der Waals surface area (Å²) in [5, 5.41) is 32.5. The minimum absolute atomic E-state index is 0.137. The number of aliphatic hydroxyl groups is 2. The number of aliphatic hydroxyl groups excluding tert-OH is 2. The maximum Gasteiger partial charge on any atom is 0.469 e. The monoisotopic (exact) mass is 365 g/mol. The molecule has 2 aliphatic heterocycles. The lowest BCUT2D eigenvalue weighted by atomic mass is 10.1. The zero-order chi connectivity index (χ0) is 18.1. The van der Waals surface area contributed by atoms with Crippen LogP contribution in [-0.4, -0.2) is 80.3 Å². The van der Waals surface area contributed by atoms with Crippen LogP contribution in [0.1, 0.15) is 6.42 Å². The molecular formula is C11H18N4O8P+. The summed E-state index contributed by atoms with van der Waals surface area (Å²) < 4.78 is 15.0. The maximum absolute atomic E-state index is 11.8. The van der Waals surface area contributed by atoms with Gasteiger partial charge in [-0.1, -0.05) is 0 Å². The summed E-state index contributed by atoms with van der Waals surface area (Å²) in [5.41, 5.74) is 0. The lowest BCUT2D eigenvalue weighted by Crippen LogP contribution is -2.95. The van der Waals surface area contributed by atoms with Crippen LogP contribution in [-0.2, 0) is 13.9 Å². The molecule has 0 aromatic heterocycles. The van der Waals surface area contributed by atoms with Gasteiger partial charge in [-0.15, -0.1) is 0 Å². The van der Waals surface area contributed by atoms with Crippen molar-refractivity contribution < 1.29 is 44.0 Å². The third-order valence-corrected chi connectivity index (χ3v) is 4.46. The number of nitrogens with two attached hydrogens (primary N) is 1. The van der Waals surface area contributed by atoms with E-state index in [1.165, 1.54) is 5.32 Å². The van der Waals surface area contributed by atoms with Crippen molar-refractivity contribution in [3.8, 4) is 6.07 Å². The number of amides is 3. The largest absolute Gasteiger partial charge is 0.469 e. The third kappa shape index (κ3) is 4.28. The fraction of sp³-hybridized carbons (Fsp3) is 0.727. The minimum Gasteiger partial charge on any atom is -0.384 e. The molecule has 0 aromatic rings. The van der Waals surface area contributed by atoms with Crippen molar-refractivity contribution in [1.29, 1.82) is 5.26 Å². The van der Waals surface area contributed by atoms with Crippen molar-refractivity contribution in [2.24, 2.45) is 0 Å². The number of nitrogens with zero attached hydrogens (tertiary/aromatic N) is 2. The third-order valence-electron chi connectivity index (χ3n) is 3.98. The van der Waals surface area contributed by atoms with Crippen molar-refractivity contribution in [2.75, 3.05) is 13.2 Å². The summed E-state index contributed by atoms with van der Waals surface area (Å²) in [6.07, 6.45) is -2.84. The minimum atomic E-state index is -4.72. The highest BCUT2D eigenvalue weighted by atomic mass is 31.2. The number of phosphoric acid groups is 1. The van der Waals surface area contributed by atoms with E-state index in [2.05, 4.69) is 9.84 Å². The van der Waals surface area contributed by atoms with Crippen LogP contribution < -0.4 is 10.6 Å². The van der Waals surface area contributed by atoms with Crippen molar-refractivity contribution in [3.63, 3.8) is 0 Å². The quantitative estimate of drug-likeness (QED) is 0.263. The number of carbonyl (C=O) groups is 2. The fourth-order valence-electron chi connectivity index (χ4n) is 2.78. The Bertz CT molecular complexity index is 603. The molecule has 2 saturated heterocycles. The summed E-state index contributed by atoms with van der Waals surface area (Å²) in [4.78, 5) is 41.6. The number of urea groups is 1. The molecule has 0 radical (unpaired) electrons. The molecule has 0 bridgehead atoms. The molecule has 24 heavy (non-hydrogen) atoms. The Hall–Kier alpha value is -1.58. The van der Waals surface area contributed by atoms with Gasteiger partial charge < -0.3 is 30.2 Å². The molecule has 0 saturated carbocycles. The van der Waals surface area contributed by atoms with Crippen LogP contribution in [0.25, 0.3) is 0 Å². The van der Waals surface area contributed by atoms with Crippen molar-refractivity contribution in [1.82, 2.24) is 10.2 Å². The van der Waals surface area contributed by atoms with Gasteiger partial charge in [-0.05, 0) is 0 Å². The predicted octanol–water partition coefficient (Wildman–Crippen LogP) is -4.03. The predicted molar refractivity (Wildman–Crippen MR) is 73.8 cm³/mol. The molecule has 0 aliphatic carbocycles. The zero-order valence-corrected chi connectivity index (χ0v) is 13.2. The second kappa shape index (κ2) is 7.12. The molecule has 134 valence electrons. The van der Waals surface area contributed by atoms with Crippen LogP contribution in [0.2, 0.25) is 0 Å². The van der Waals surface area contributed by atoms with Gasteiger partial charge in [-0.2, -0.15) is 5.26 Å². The molecule has 12 nitrogen and oxygen atoms in total. The summed E-state index contributed by atoms with van der Waals surface area (Å²) in [5.74, 6) is -0.577. The number of quaternary nitrogens is 1. The van der Waals surface area contributed by atoms with E-state index in [-0.39, 0.29) is 13.0 Å². The second-order valence-electron chi connectivity index (χ2n) is 5.64. The van der Waals surface area contributed by atoms with E-state index in [4.69, 9.17) is 15.0 Å². The van der Waals surface area contributed by atoms with Gasteiger partial charge in [0.15, 0.2) is 0 Å². The Morgan fingerprint density at radius 2 is 1.96 bits per heavy atom. The molecule has 0 aromatic carbocycles. The number of nitrogens with one attached hydrogen (secondary N) is 1. The highest BCUT2D eigenvalue weighted by Gasteiger charge is 2.48. The molecule has 7 N–H and O–H groups in total. The topological polar surface area (TPSA) is 197 Å². The van der Waals surface area contributed by atoms with Crippen molar-refractivity contribution in [2.45, 2.75) is 36.8 Å². The molecule has 13 heteroatoms. The van der Waals surface area contributed by atoms with Gasteiger partial charge in [0.05, 0.1) is 19.0 Å². The Morgan fingerprint density at radius 1 is 1.33 bits per heavy atom. The zero-order valence-electron chi connectivity index (χ0n) is 12.3. The molecule has 5 atom stereocenters. The average molecular weight is 365 g/mol. The molecule has 3 unspecified atom stereocenters. The highest BCUT2D eigenvalue weighted by molar-refractivity contribution is 7.46. The molecule has 2 heterocycles. The van der Waals surface area contributed by atoms with E-state index in [9.17, 15) is 24.4 Å². The van der Waals surface area contributed by atoms with Crippen molar-refractivity contribution >= 4 is 19.8 Å². The fourth-order valence-corrected chi connectivity index (χ4v) is 3.15. The Kier molecular flexibility index (Phi) is 5.56. The number of nitriles is 1. The Balaban J connectivity index is 2.02. The number of imide groups is 1. The van der Waals surface area contributed by atoms with E-state index >= 15 is 0 Å². The summed E-state index contributed by atoms with van der Waals surface area (Å²) in [7, 11) is -4.72. The molecule has 2 fully saturated rings. The lowest BCUT2D eigenvalue weighted by Gasteiger charge is -2.32. The van der Waals surface area contributed by atoms with E-state index in [0.29, 0.717) is 0 Å². The smallest absolute Gasteiger partial charge is 0.384 e. The molecule has 3 amide bonds. The van der Waals surface area contributed by atoms with Gasteiger partial charge in [-0.3, -0.25) is 14.6 Å². The number of rotatable bonds is 5. The molecule has 0 spiro atoms. The SMILES string of the molecule is N#CC1CC(=O)NC(=O)N1C[C@@H]1[NH2+][C@H](COP(=O)(O)O)C(O)C1O. The number of carbonyl (C=O) groups excluding carboxylic acids is 2. The van der Waals surface area contributed by atoms with Gasteiger partial charge in [0.2, 0.25) is 5.91 Å². The van der Waals surface area contributed by atoms with Crippen LogP contribution in [0.5, 0.6) is 0 Å². The maximum atomic E-state index is 11.8. The van der Waals surface area contributed by atoms with Crippen LogP contribution in [0.4, 0.5) is 4.79 Å². The van der Waals surface area contributed by atoms with Crippen LogP contribution >= 0.6 is 7.82 Å². The molecular weight excluding hydrogens is 347 g/mol. The van der Waals surface area contributed by atoms with Gasteiger partial charge in [0.25, 0.3) is 0 Å². The number of phosphoric ester groups is 1. The first-order chi connectivity index (χ1) is 11.1.